The average Bonchev–Trinajstić information content (AvgIpc) is 2.76. The second-order valence-corrected chi connectivity index (χ2v) is 9.34. The molecular formula is C24H26N2O3S. The maximum Gasteiger partial charge on any atom is 0.228 e. The minimum Gasteiger partial charge on any atom is -0.326 e. The monoisotopic (exact) mass is 422 g/mol. The van der Waals surface area contributed by atoms with Crippen LogP contribution in [-0.2, 0) is 34.1 Å². The van der Waals surface area contributed by atoms with Gasteiger partial charge in [-0.15, -0.1) is 0 Å². The van der Waals surface area contributed by atoms with Gasteiger partial charge in [-0.05, 0) is 41.0 Å². The van der Waals surface area contributed by atoms with E-state index in [0.717, 1.165) is 29.9 Å². The lowest BCUT2D eigenvalue weighted by molar-refractivity contribution is -0.115. The number of nitrogens with one attached hydrogen (secondary N) is 2. The Bertz CT molecular complexity index is 1060. The van der Waals surface area contributed by atoms with Gasteiger partial charge in [-0.25, -0.2) is 8.42 Å². The molecule has 3 aromatic rings. The molecule has 0 heterocycles. The van der Waals surface area contributed by atoms with E-state index in [-0.39, 0.29) is 23.0 Å². The van der Waals surface area contributed by atoms with Crippen LogP contribution < -0.4 is 10.6 Å². The minimum atomic E-state index is -3.22. The topological polar surface area (TPSA) is 75.3 Å². The third-order valence-electron chi connectivity index (χ3n) is 4.77. The van der Waals surface area contributed by atoms with Gasteiger partial charge in [-0.3, -0.25) is 4.79 Å². The number of sulfone groups is 1. The molecule has 156 valence electrons. The molecule has 0 fully saturated rings. The van der Waals surface area contributed by atoms with Crippen molar-refractivity contribution in [2.75, 3.05) is 11.1 Å². The van der Waals surface area contributed by atoms with Crippen LogP contribution in [0.3, 0.4) is 0 Å². The van der Waals surface area contributed by atoms with Gasteiger partial charge in [-0.1, -0.05) is 61.5 Å². The Morgan fingerprint density at radius 3 is 1.93 bits per heavy atom. The van der Waals surface area contributed by atoms with E-state index in [1.54, 1.807) is 31.2 Å². The molecule has 2 N–H and O–H groups in total. The molecule has 3 rings (SSSR count). The molecule has 5 nitrogen and oxygen atoms in total. The maximum atomic E-state index is 12.3. The van der Waals surface area contributed by atoms with Crippen molar-refractivity contribution in [3.05, 3.63) is 95.6 Å². The fourth-order valence-corrected chi connectivity index (χ4v) is 3.91. The van der Waals surface area contributed by atoms with E-state index < -0.39 is 9.84 Å². The fourth-order valence-electron chi connectivity index (χ4n) is 3.02. The van der Waals surface area contributed by atoms with Gasteiger partial charge in [0.05, 0.1) is 17.1 Å². The van der Waals surface area contributed by atoms with Gasteiger partial charge in [0.2, 0.25) is 5.91 Å². The minimum absolute atomic E-state index is 0.0601. The van der Waals surface area contributed by atoms with Crippen LogP contribution in [0.2, 0.25) is 0 Å². The Kier molecular flexibility index (Phi) is 7.38. The first-order chi connectivity index (χ1) is 14.5. The van der Waals surface area contributed by atoms with Crippen molar-refractivity contribution < 1.29 is 13.2 Å². The number of hydrogen-bond donors (Lipinski definition) is 2. The lowest BCUT2D eigenvalue weighted by atomic mass is 10.1. The summed E-state index contributed by atoms with van der Waals surface area (Å²) in [6.07, 6.45) is 0.187. The SMILES string of the molecule is CCS(=O)(=O)c1ccc(CC(=O)Nc2ccc(CNCc3ccccc3)cc2)cc1. The van der Waals surface area contributed by atoms with E-state index in [1.165, 1.54) is 5.56 Å². The molecule has 3 aromatic carbocycles. The standard InChI is InChI=1S/C24H26N2O3S/c1-2-30(28,29)23-14-10-19(11-15-23)16-24(27)26-22-12-8-21(9-13-22)18-25-17-20-6-4-3-5-7-20/h3-15,25H,2,16-18H2,1H3,(H,26,27). The first kappa shape index (κ1) is 21.7. The molecule has 0 spiro atoms. The zero-order valence-electron chi connectivity index (χ0n) is 17.0. The van der Waals surface area contributed by atoms with Gasteiger partial charge in [0.15, 0.2) is 9.84 Å². The summed E-state index contributed by atoms with van der Waals surface area (Å²) in [6.45, 7) is 3.16. The van der Waals surface area contributed by atoms with Crippen LogP contribution in [0.1, 0.15) is 23.6 Å². The molecular weight excluding hydrogens is 396 g/mol. The molecule has 0 atom stereocenters. The second-order valence-electron chi connectivity index (χ2n) is 7.06. The Hall–Kier alpha value is -2.96. The number of amides is 1. The van der Waals surface area contributed by atoms with Crippen molar-refractivity contribution >= 4 is 21.4 Å². The van der Waals surface area contributed by atoms with Crippen LogP contribution >= 0.6 is 0 Å². The number of benzene rings is 3. The van der Waals surface area contributed by atoms with Crippen molar-refractivity contribution in [2.24, 2.45) is 0 Å². The second kappa shape index (κ2) is 10.2. The van der Waals surface area contributed by atoms with E-state index >= 15 is 0 Å². The first-order valence-electron chi connectivity index (χ1n) is 9.91. The molecule has 0 aliphatic rings. The number of anilines is 1. The van der Waals surface area contributed by atoms with Gasteiger partial charge in [0.25, 0.3) is 0 Å². The van der Waals surface area contributed by atoms with Crippen molar-refractivity contribution in [3.8, 4) is 0 Å². The molecule has 6 heteroatoms. The highest BCUT2D eigenvalue weighted by atomic mass is 32.2. The third-order valence-corrected chi connectivity index (χ3v) is 6.52. The van der Waals surface area contributed by atoms with E-state index in [2.05, 4.69) is 22.8 Å². The van der Waals surface area contributed by atoms with Crippen molar-refractivity contribution in [2.45, 2.75) is 31.3 Å². The number of rotatable bonds is 9. The molecule has 0 aliphatic carbocycles. The van der Waals surface area contributed by atoms with Crippen molar-refractivity contribution in [1.82, 2.24) is 5.32 Å². The highest BCUT2D eigenvalue weighted by molar-refractivity contribution is 7.91. The Labute approximate surface area is 178 Å². The lowest BCUT2D eigenvalue weighted by Gasteiger charge is -2.08. The number of carbonyl (C=O) groups excluding carboxylic acids is 1. The van der Waals surface area contributed by atoms with E-state index in [9.17, 15) is 13.2 Å². The quantitative estimate of drug-likeness (QED) is 0.548. The molecule has 0 saturated carbocycles. The summed E-state index contributed by atoms with van der Waals surface area (Å²) >= 11 is 0. The third kappa shape index (κ3) is 6.27. The van der Waals surface area contributed by atoms with Crippen LogP contribution in [0.15, 0.2) is 83.8 Å². The Balaban J connectivity index is 1.48. The van der Waals surface area contributed by atoms with Gasteiger partial charge in [-0.2, -0.15) is 0 Å². The van der Waals surface area contributed by atoms with Crippen LogP contribution in [-0.4, -0.2) is 20.1 Å². The summed E-state index contributed by atoms with van der Waals surface area (Å²) in [5, 5.41) is 6.28. The summed E-state index contributed by atoms with van der Waals surface area (Å²) in [5.41, 5.74) is 3.87. The first-order valence-corrected chi connectivity index (χ1v) is 11.6. The number of carbonyl (C=O) groups is 1. The summed E-state index contributed by atoms with van der Waals surface area (Å²) in [4.78, 5) is 12.6. The zero-order chi connectivity index (χ0) is 21.4. The maximum absolute atomic E-state index is 12.3. The van der Waals surface area contributed by atoms with Crippen LogP contribution in [0.25, 0.3) is 0 Å². The molecule has 1 amide bonds. The zero-order valence-corrected chi connectivity index (χ0v) is 17.8. The largest absolute Gasteiger partial charge is 0.326 e. The lowest BCUT2D eigenvalue weighted by Crippen LogP contribution is -2.15. The molecule has 0 aliphatic heterocycles. The molecule has 0 radical (unpaired) electrons. The summed E-state index contributed by atoms with van der Waals surface area (Å²) in [6, 6.07) is 24.4. The van der Waals surface area contributed by atoms with Gasteiger partial charge in [0.1, 0.15) is 0 Å². The predicted octanol–water partition coefficient (Wildman–Crippen LogP) is 3.95. The molecule has 0 saturated heterocycles. The van der Waals surface area contributed by atoms with Gasteiger partial charge >= 0.3 is 0 Å². The summed E-state index contributed by atoms with van der Waals surface area (Å²) < 4.78 is 23.7. The fraction of sp³-hybridized carbons (Fsp3) is 0.208. The van der Waals surface area contributed by atoms with Gasteiger partial charge < -0.3 is 10.6 Å². The Morgan fingerprint density at radius 2 is 1.33 bits per heavy atom. The smallest absolute Gasteiger partial charge is 0.228 e. The summed E-state index contributed by atoms with van der Waals surface area (Å²) in [5.74, 6) is -0.0824. The van der Waals surface area contributed by atoms with Gasteiger partial charge in [0, 0.05) is 18.8 Å². The van der Waals surface area contributed by atoms with E-state index in [4.69, 9.17) is 0 Å². The molecule has 0 unspecified atom stereocenters. The normalized spacial score (nSPS) is 11.2. The van der Waals surface area contributed by atoms with Crippen LogP contribution in [0.4, 0.5) is 5.69 Å². The van der Waals surface area contributed by atoms with Crippen molar-refractivity contribution in [1.29, 1.82) is 0 Å². The summed E-state index contributed by atoms with van der Waals surface area (Å²) in [7, 11) is -3.22. The van der Waals surface area contributed by atoms with Crippen LogP contribution in [0.5, 0.6) is 0 Å². The molecule has 0 aromatic heterocycles. The van der Waals surface area contributed by atoms with E-state index in [1.807, 2.05) is 42.5 Å². The predicted molar refractivity (Wildman–Crippen MR) is 120 cm³/mol. The average molecular weight is 423 g/mol. The highest BCUT2D eigenvalue weighted by Gasteiger charge is 2.11. The van der Waals surface area contributed by atoms with Crippen LogP contribution in [0, 0.1) is 0 Å². The van der Waals surface area contributed by atoms with Crippen molar-refractivity contribution in [3.63, 3.8) is 0 Å². The van der Waals surface area contributed by atoms with E-state index in [0.29, 0.717) is 0 Å². The highest BCUT2D eigenvalue weighted by Crippen LogP contribution is 2.14. The number of hydrogen-bond acceptors (Lipinski definition) is 4. The molecule has 30 heavy (non-hydrogen) atoms. The Morgan fingerprint density at radius 1 is 0.767 bits per heavy atom. The molecule has 0 bridgehead atoms.